The maximum atomic E-state index is 12.0. The number of hydrogen-bond acceptors (Lipinski definition) is 6. The molecule has 1 atom stereocenters. The minimum absolute atomic E-state index is 0.0361. The number of piperidine rings is 1. The van der Waals surface area contributed by atoms with E-state index in [1.165, 1.54) is 12.8 Å². The number of aromatic nitrogens is 5. The molecular weight excluding hydrogens is 366 g/mol. The Labute approximate surface area is 170 Å². The first-order chi connectivity index (χ1) is 14.0. The fourth-order valence-electron chi connectivity index (χ4n) is 4.08. The van der Waals surface area contributed by atoms with Gasteiger partial charge in [0.2, 0.25) is 0 Å². The fourth-order valence-corrected chi connectivity index (χ4v) is 4.08. The lowest BCUT2D eigenvalue weighted by molar-refractivity contribution is 0.148. The SMILES string of the molecule is Cc1cc(NCC2CCCCN2CCn2nc(C)ccc2=O)n2nc(C)cc2n1. The number of fused-ring (bicyclic) bond motifs is 1. The third-order valence-corrected chi connectivity index (χ3v) is 5.54. The van der Waals surface area contributed by atoms with Crippen LogP contribution in [0.2, 0.25) is 0 Å². The molecule has 8 nitrogen and oxygen atoms in total. The molecule has 1 aliphatic heterocycles. The summed E-state index contributed by atoms with van der Waals surface area (Å²) < 4.78 is 3.46. The van der Waals surface area contributed by atoms with Gasteiger partial charge in [0, 0.05) is 43.0 Å². The lowest BCUT2D eigenvalue weighted by Gasteiger charge is -2.36. The topological polar surface area (TPSA) is 80.4 Å². The molecule has 4 heterocycles. The number of nitrogens with one attached hydrogen (secondary N) is 1. The summed E-state index contributed by atoms with van der Waals surface area (Å²) in [6, 6.07) is 7.83. The lowest BCUT2D eigenvalue weighted by atomic mass is 10.0. The number of hydrogen-bond donors (Lipinski definition) is 1. The quantitative estimate of drug-likeness (QED) is 0.689. The summed E-state index contributed by atoms with van der Waals surface area (Å²) in [4.78, 5) is 19.1. The minimum Gasteiger partial charge on any atom is -0.368 e. The van der Waals surface area contributed by atoms with E-state index in [1.807, 2.05) is 37.4 Å². The van der Waals surface area contributed by atoms with E-state index in [9.17, 15) is 4.79 Å². The van der Waals surface area contributed by atoms with Crippen molar-refractivity contribution in [3.8, 4) is 0 Å². The van der Waals surface area contributed by atoms with E-state index in [4.69, 9.17) is 0 Å². The molecule has 0 amide bonds. The number of aryl methyl sites for hydroxylation is 3. The molecular formula is C21H29N7O. The Kier molecular flexibility index (Phi) is 5.62. The predicted molar refractivity (Wildman–Crippen MR) is 113 cm³/mol. The van der Waals surface area contributed by atoms with Crippen molar-refractivity contribution in [3.05, 3.63) is 51.7 Å². The Morgan fingerprint density at radius 3 is 2.76 bits per heavy atom. The molecule has 1 unspecified atom stereocenters. The highest BCUT2D eigenvalue weighted by atomic mass is 16.1. The van der Waals surface area contributed by atoms with Crippen molar-refractivity contribution in [3.63, 3.8) is 0 Å². The first-order valence-corrected chi connectivity index (χ1v) is 10.4. The van der Waals surface area contributed by atoms with E-state index in [-0.39, 0.29) is 5.56 Å². The van der Waals surface area contributed by atoms with E-state index in [2.05, 4.69) is 25.4 Å². The van der Waals surface area contributed by atoms with Crippen LogP contribution in [0.15, 0.2) is 29.1 Å². The molecule has 4 rings (SSSR count). The second-order valence-corrected chi connectivity index (χ2v) is 7.94. The van der Waals surface area contributed by atoms with E-state index < -0.39 is 0 Å². The summed E-state index contributed by atoms with van der Waals surface area (Å²) in [5, 5.41) is 12.5. The van der Waals surface area contributed by atoms with Crippen LogP contribution in [-0.2, 0) is 6.54 Å². The number of nitrogens with zero attached hydrogens (tertiary/aromatic N) is 6. The molecule has 3 aromatic heterocycles. The smallest absolute Gasteiger partial charge is 0.266 e. The number of anilines is 1. The van der Waals surface area contributed by atoms with Crippen LogP contribution < -0.4 is 10.9 Å². The van der Waals surface area contributed by atoms with Crippen LogP contribution in [0.25, 0.3) is 5.65 Å². The van der Waals surface area contributed by atoms with Gasteiger partial charge >= 0.3 is 0 Å². The first kappa shape index (κ1) is 19.6. The van der Waals surface area contributed by atoms with Gasteiger partial charge in [0.15, 0.2) is 5.65 Å². The van der Waals surface area contributed by atoms with Crippen LogP contribution in [0.4, 0.5) is 5.82 Å². The van der Waals surface area contributed by atoms with Crippen molar-refractivity contribution in [2.45, 2.75) is 52.6 Å². The van der Waals surface area contributed by atoms with Crippen molar-refractivity contribution in [1.29, 1.82) is 0 Å². The average Bonchev–Trinajstić information content (AvgIpc) is 3.07. The van der Waals surface area contributed by atoms with Gasteiger partial charge in [0.05, 0.1) is 17.9 Å². The maximum Gasteiger partial charge on any atom is 0.266 e. The Bertz CT molecular complexity index is 1050. The summed E-state index contributed by atoms with van der Waals surface area (Å²) >= 11 is 0. The van der Waals surface area contributed by atoms with Gasteiger partial charge in [-0.3, -0.25) is 9.69 Å². The Morgan fingerprint density at radius 1 is 1.03 bits per heavy atom. The van der Waals surface area contributed by atoms with Gasteiger partial charge in [-0.1, -0.05) is 6.42 Å². The minimum atomic E-state index is -0.0361. The Morgan fingerprint density at radius 2 is 1.90 bits per heavy atom. The second kappa shape index (κ2) is 8.32. The van der Waals surface area contributed by atoms with Crippen LogP contribution in [0.3, 0.4) is 0 Å². The molecule has 1 fully saturated rings. The molecule has 3 aromatic rings. The van der Waals surface area contributed by atoms with Crippen LogP contribution >= 0.6 is 0 Å². The molecule has 0 saturated carbocycles. The zero-order valence-electron chi connectivity index (χ0n) is 17.4. The summed E-state index contributed by atoms with van der Waals surface area (Å²) in [5.74, 6) is 0.975. The van der Waals surface area contributed by atoms with E-state index >= 15 is 0 Å². The molecule has 1 saturated heterocycles. The standard InChI is InChI=1S/C21H29N7O/c1-15-7-8-21(29)27(24-15)11-10-26-9-5-4-6-18(26)14-22-19-12-16(2)23-20-13-17(3)25-28(19)20/h7-8,12-13,18,22H,4-6,9-11,14H2,1-3H3. The molecule has 0 spiro atoms. The zero-order chi connectivity index (χ0) is 20.4. The van der Waals surface area contributed by atoms with Gasteiger partial charge in [0.1, 0.15) is 5.82 Å². The van der Waals surface area contributed by atoms with E-state index in [1.54, 1.807) is 16.8 Å². The van der Waals surface area contributed by atoms with Crippen LogP contribution in [0.5, 0.6) is 0 Å². The normalized spacial score (nSPS) is 17.7. The van der Waals surface area contributed by atoms with E-state index in [0.717, 1.165) is 54.6 Å². The lowest BCUT2D eigenvalue weighted by Crippen LogP contribution is -2.45. The monoisotopic (exact) mass is 395 g/mol. The third kappa shape index (κ3) is 4.48. The fraction of sp³-hybridized carbons (Fsp3) is 0.524. The van der Waals surface area contributed by atoms with Crippen molar-refractivity contribution in [2.75, 3.05) is 25.0 Å². The molecule has 8 heteroatoms. The van der Waals surface area contributed by atoms with Gasteiger partial charge in [-0.25, -0.2) is 9.67 Å². The van der Waals surface area contributed by atoms with Gasteiger partial charge in [-0.2, -0.15) is 14.7 Å². The third-order valence-electron chi connectivity index (χ3n) is 5.54. The average molecular weight is 396 g/mol. The molecule has 1 N–H and O–H groups in total. The molecule has 0 aromatic carbocycles. The summed E-state index contributed by atoms with van der Waals surface area (Å²) in [6.07, 6.45) is 3.58. The van der Waals surface area contributed by atoms with Gasteiger partial charge in [-0.05, 0) is 46.2 Å². The van der Waals surface area contributed by atoms with Crippen LogP contribution in [-0.4, -0.2) is 55.0 Å². The largest absolute Gasteiger partial charge is 0.368 e. The maximum absolute atomic E-state index is 12.0. The molecule has 154 valence electrons. The molecule has 0 bridgehead atoms. The van der Waals surface area contributed by atoms with Crippen molar-refractivity contribution >= 4 is 11.5 Å². The highest BCUT2D eigenvalue weighted by molar-refractivity contribution is 5.50. The number of rotatable bonds is 6. The first-order valence-electron chi connectivity index (χ1n) is 10.4. The summed E-state index contributed by atoms with van der Waals surface area (Å²) in [6.45, 7) is 9.25. The summed E-state index contributed by atoms with van der Waals surface area (Å²) in [5.41, 5.74) is 3.64. The molecule has 0 radical (unpaired) electrons. The van der Waals surface area contributed by atoms with Crippen molar-refractivity contribution in [2.24, 2.45) is 0 Å². The predicted octanol–water partition coefficient (Wildman–Crippen LogP) is 2.18. The summed E-state index contributed by atoms with van der Waals surface area (Å²) in [7, 11) is 0. The zero-order valence-corrected chi connectivity index (χ0v) is 17.4. The number of likely N-dealkylation sites (tertiary alicyclic amines) is 1. The second-order valence-electron chi connectivity index (χ2n) is 7.94. The molecule has 1 aliphatic rings. The van der Waals surface area contributed by atoms with Gasteiger partial charge in [-0.15, -0.1) is 0 Å². The molecule has 0 aliphatic carbocycles. The van der Waals surface area contributed by atoms with Crippen LogP contribution in [0, 0.1) is 20.8 Å². The Balaban J connectivity index is 1.44. The van der Waals surface area contributed by atoms with Crippen LogP contribution in [0.1, 0.15) is 36.3 Å². The van der Waals surface area contributed by atoms with Crippen molar-refractivity contribution < 1.29 is 0 Å². The Hall–Kier alpha value is -2.74. The highest BCUT2D eigenvalue weighted by Crippen LogP contribution is 2.19. The molecule has 29 heavy (non-hydrogen) atoms. The van der Waals surface area contributed by atoms with E-state index in [0.29, 0.717) is 12.6 Å². The van der Waals surface area contributed by atoms with Crippen molar-refractivity contribution in [1.82, 2.24) is 29.3 Å². The van der Waals surface area contributed by atoms with Gasteiger partial charge in [0.25, 0.3) is 5.56 Å². The van der Waals surface area contributed by atoms with Gasteiger partial charge < -0.3 is 5.32 Å². The highest BCUT2D eigenvalue weighted by Gasteiger charge is 2.22.